The van der Waals surface area contributed by atoms with Gasteiger partial charge in [0, 0.05) is 28.7 Å². The average molecular weight is 487 g/mol. The van der Waals surface area contributed by atoms with E-state index in [2.05, 4.69) is 38.3 Å². The van der Waals surface area contributed by atoms with E-state index in [9.17, 15) is 0 Å². The van der Waals surface area contributed by atoms with E-state index in [1.54, 1.807) is 30.0 Å². The minimum Gasteiger partial charge on any atom is -0.492 e. The molecule has 0 bridgehead atoms. The number of halogens is 3. The minimum atomic E-state index is 0.521. The maximum atomic E-state index is 6.11. The van der Waals surface area contributed by atoms with Gasteiger partial charge in [-0.1, -0.05) is 63.0 Å². The van der Waals surface area contributed by atoms with E-state index in [0.717, 1.165) is 34.0 Å². The minimum absolute atomic E-state index is 0.521. The van der Waals surface area contributed by atoms with Crippen molar-refractivity contribution in [2.24, 2.45) is 7.05 Å². The first kappa shape index (κ1) is 20.5. The highest BCUT2D eigenvalue weighted by atomic mass is 79.9. The summed E-state index contributed by atoms with van der Waals surface area (Å²) in [6, 6.07) is 13.5. The van der Waals surface area contributed by atoms with Crippen LogP contribution in [0.1, 0.15) is 17.8 Å². The van der Waals surface area contributed by atoms with E-state index in [0.29, 0.717) is 22.4 Å². The molecule has 8 heteroatoms. The summed E-state index contributed by atoms with van der Waals surface area (Å²) >= 11 is 17.2. The van der Waals surface area contributed by atoms with Gasteiger partial charge >= 0.3 is 0 Å². The van der Waals surface area contributed by atoms with Crippen molar-refractivity contribution in [2.45, 2.75) is 23.8 Å². The Balaban J connectivity index is 1.48. The number of hydrogen-bond acceptors (Lipinski definition) is 4. The lowest BCUT2D eigenvalue weighted by atomic mass is 10.2. The lowest BCUT2D eigenvalue weighted by Gasteiger charge is -2.08. The van der Waals surface area contributed by atoms with Crippen LogP contribution in [-0.2, 0) is 19.2 Å². The van der Waals surface area contributed by atoms with Gasteiger partial charge in [-0.05, 0) is 42.3 Å². The molecule has 1 heterocycles. The maximum absolute atomic E-state index is 6.11. The number of thioether (sulfide) groups is 1. The molecule has 0 atom stereocenters. The van der Waals surface area contributed by atoms with Gasteiger partial charge in [0.1, 0.15) is 11.6 Å². The zero-order valence-corrected chi connectivity index (χ0v) is 18.6. The second kappa shape index (κ2) is 9.82. The first-order chi connectivity index (χ1) is 13.0. The Morgan fingerprint density at radius 3 is 2.78 bits per heavy atom. The first-order valence-electron chi connectivity index (χ1n) is 8.36. The zero-order chi connectivity index (χ0) is 19.2. The number of nitrogens with zero attached hydrogens (tertiary/aromatic N) is 3. The molecule has 3 aromatic rings. The van der Waals surface area contributed by atoms with Gasteiger partial charge in [-0.25, -0.2) is 0 Å². The van der Waals surface area contributed by atoms with Crippen LogP contribution in [0.25, 0.3) is 0 Å². The van der Waals surface area contributed by atoms with Crippen LogP contribution < -0.4 is 4.74 Å². The van der Waals surface area contributed by atoms with Crippen LogP contribution in [0.2, 0.25) is 10.0 Å². The predicted molar refractivity (Wildman–Crippen MR) is 115 cm³/mol. The van der Waals surface area contributed by atoms with Crippen molar-refractivity contribution in [3.05, 3.63) is 68.4 Å². The molecular formula is C19H18BrCl2N3OS. The number of ether oxygens (including phenoxy) is 1. The van der Waals surface area contributed by atoms with Crippen LogP contribution in [-0.4, -0.2) is 21.4 Å². The summed E-state index contributed by atoms with van der Waals surface area (Å²) in [5.41, 5.74) is 1.24. The Morgan fingerprint density at radius 2 is 2.00 bits per heavy atom. The first-order valence-corrected chi connectivity index (χ1v) is 10.9. The van der Waals surface area contributed by atoms with Crippen LogP contribution in [0.4, 0.5) is 0 Å². The largest absolute Gasteiger partial charge is 0.492 e. The Labute approximate surface area is 181 Å². The Bertz CT molecular complexity index is 920. The summed E-state index contributed by atoms with van der Waals surface area (Å²) in [4.78, 5) is 0. The SMILES string of the molecule is Cn1c(CCCOc2ccc(Cl)cc2Cl)nnc1SCc1cccc(Br)c1. The molecule has 2 aromatic carbocycles. The van der Waals surface area contributed by atoms with Crippen molar-refractivity contribution < 1.29 is 4.74 Å². The van der Waals surface area contributed by atoms with E-state index in [1.165, 1.54) is 5.56 Å². The number of rotatable bonds is 8. The third-order valence-electron chi connectivity index (χ3n) is 3.88. The summed E-state index contributed by atoms with van der Waals surface area (Å²) in [5, 5.41) is 10.6. The highest BCUT2D eigenvalue weighted by molar-refractivity contribution is 9.10. The van der Waals surface area contributed by atoms with Crippen molar-refractivity contribution in [3.8, 4) is 5.75 Å². The van der Waals surface area contributed by atoms with E-state index in [4.69, 9.17) is 27.9 Å². The van der Waals surface area contributed by atoms with Gasteiger partial charge in [0.2, 0.25) is 0 Å². The second-order valence-electron chi connectivity index (χ2n) is 5.90. The van der Waals surface area contributed by atoms with E-state index >= 15 is 0 Å². The smallest absolute Gasteiger partial charge is 0.191 e. The van der Waals surface area contributed by atoms with E-state index in [-0.39, 0.29) is 0 Å². The number of aromatic nitrogens is 3. The summed E-state index contributed by atoms with van der Waals surface area (Å²) in [6.07, 6.45) is 1.60. The molecule has 3 rings (SSSR count). The van der Waals surface area contributed by atoms with Gasteiger partial charge in [0.05, 0.1) is 11.6 Å². The topological polar surface area (TPSA) is 39.9 Å². The Hall–Kier alpha value is -1.21. The van der Waals surface area contributed by atoms with Crippen molar-refractivity contribution in [3.63, 3.8) is 0 Å². The lowest BCUT2D eigenvalue weighted by Crippen LogP contribution is -2.04. The molecule has 27 heavy (non-hydrogen) atoms. The standard InChI is InChI=1S/C19H18BrCl2N3OS/c1-25-18(6-3-9-26-17-8-7-15(21)11-16(17)22)23-24-19(25)27-12-13-4-2-5-14(20)10-13/h2,4-5,7-8,10-11H,3,6,9,12H2,1H3. The monoisotopic (exact) mass is 485 g/mol. The molecule has 0 fully saturated rings. The molecule has 0 spiro atoms. The zero-order valence-electron chi connectivity index (χ0n) is 14.7. The van der Waals surface area contributed by atoms with Gasteiger partial charge in [0.25, 0.3) is 0 Å². The van der Waals surface area contributed by atoms with Crippen LogP contribution in [0.5, 0.6) is 5.75 Å². The normalized spacial score (nSPS) is 11.0. The predicted octanol–water partition coefficient (Wildman–Crippen LogP) is 6.19. The molecule has 0 radical (unpaired) electrons. The molecule has 0 amide bonds. The summed E-state index contributed by atoms with van der Waals surface area (Å²) in [6.45, 7) is 0.550. The van der Waals surface area contributed by atoms with Crippen LogP contribution in [0.15, 0.2) is 52.1 Å². The quantitative estimate of drug-likeness (QED) is 0.281. The number of benzene rings is 2. The third-order valence-corrected chi connectivity index (χ3v) is 5.99. The fourth-order valence-electron chi connectivity index (χ4n) is 2.47. The fourth-order valence-corrected chi connectivity index (χ4v) is 4.25. The van der Waals surface area contributed by atoms with Crippen molar-refractivity contribution in [1.82, 2.24) is 14.8 Å². The summed E-state index contributed by atoms with van der Waals surface area (Å²) in [5.74, 6) is 2.44. The molecule has 1 aromatic heterocycles. The van der Waals surface area contributed by atoms with Gasteiger partial charge in [-0.2, -0.15) is 0 Å². The Kier molecular flexibility index (Phi) is 7.47. The molecule has 0 aliphatic heterocycles. The molecule has 142 valence electrons. The lowest BCUT2D eigenvalue weighted by molar-refractivity contribution is 0.309. The van der Waals surface area contributed by atoms with Crippen molar-refractivity contribution in [2.75, 3.05) is 6.61 Å². The molecule has 0 N–H and O–H groups in total. The average Bonchev–Trinajstić information content (AvgIpc) is 2.98. The highest BCUT2D eigenvalue weighted by Gasteiger charge is 2.10. The summed E-state index contributed by atoms with van der Waals surface area (Å²) < 4.78 is 8.84. The molecule has 0 unspecified atom stereocenters. The molecular weight excluding hydrogens is 469 g/mol. The van der Waals surface area contributed by atoms with Crippen LogP contribution >= 0.6 is 50.9 Å². The van der Waals surface area contributed by atoms with Gasteiger partial charge < -0.3 is 9.30 Å². The van der Waals surface area contributed by atoms with Crippen molar-refractivity contribution >= 4 is 50.9 Å². The Morgan fingerprint density at radius 1 is 1.15 bits per heavy atom. The van der Waals surface area contributed by atoms with Crippen LogP contribution in [0.3, 0.4) is 0 Å². The molecule has 4 nitrogen and oxygen atoms in total. The van der Waals surface area contributed by atoms with E-state index in [1.807, 2.05) is 23.7 Å². The molecule has 0 aliphatic rings. The van der Waals surface area contributed by atoms with Crippen LogP contribution in [0, 0.1) is 0 Å². The summed E-state index contributed by atoms with van der Waals surface area (Å²) in [7, 11) is 2.00. The van der Waals surface area contributed by atoms with Gasteiger partial charge in [0.15, 0.2) is 5.16 Å². The molecule has 0 saturated heterocycles. The number of hydrogen-bond donors (Lipinski definition) is 0. The van der Waals surface area contributed by atoms with Crippen molar-refractivity contribution in [1.29, 1.82) is 0 Å². The van der Waals surface area contributed by atoms with E-state index < -0.39 is 0 Å². The fraction of sp³-hybridized carbons (Fsp3) is 0.263. The van der Waals surface area contributed by atoms with Gasteiger partial charge in [-0.3, -0.25) is 0 Å². The third kappa shape index (κ3) is 5.88. The van der Waals surface area contributed by atoms with Gasteiger partial charge in [-0.15, -0.1) is 10.2 Å². The maximum Gasteiger partial charge on any atom is 0.191 e. The molecule has 0 saturated carbocycles. The second-order valence-corrected chi connectivity index (χ2v) is 8.60. The molecule has 0 aliphatic carbocycles. The number of aryl methyl sites for hydroxylation is 1. The highest BCUT2D eigenvalue weighted by Crippen LogP contribution is 2.28.